The first-order valence-corrected chi connectivity index (χ1v) is 10.1. The van der Waals surface area contributed by atoms with Crippen LogP contribution in [-0.2, 0) is 10.0 Å². The summed E-state index contributed by atoms with van der Waals surface area (Å²) in [5, 5.41) is 6.08. The normalized spacial score (nSPS) is 11.1. The molecule has 146 valence electrons. The molecule has 8 nitrogen and oxygen atoms in total. The van der Waals surface area contributed by atoms with Crippen LogP contribution in [0.5, 0.6) is 0 Å². The lowest BCUT2D eigenvalue weighted by molar-refractivity contribution is 0.600. The van der Waals surface area contributed by atoms with Crippen molar-refractivity contribution in [2.45, 2.75) is 6.92 Å². The van der Waals surface area contributed by atoms with Crippen LogP contribution < -0.4 is 14.9 Å². The van der Waals surface area contributed by atoms with Crippen LogP contribution in [0.1, 0.15) is 5.56 Å². The maximum absolute atomic E-state index is 13.4. The van der Waals surface area contributed by atoms with E-state index in [9.17, 15) is 12.8 Å². The van der Waals surface area contributed by atoms with Gasteiger partial charge in [0.25, 0.3) is 0 Å². The molecule has 0 radical (unpaired) electrons. The van der Waals surface area contributed by atoms with Gasteiger partial charge in [0.05, 0.1) is 23.8 Å². The Morgan fingerprint density at radius 2 is 1.64 bits per heavy atom. The first kappa shape index (κ1) is 19.5. The van der Waals surface area contributed by atoms with Gasteiger partial charge in [-0.2, -0.15) is 0 Å². The molecular formula is C18H19FN6O2S. The minimum Gasteiger partial charge on any atom is -0.338 e. The summed E-state index contributed by atoms with van der Waals surface area (Å²) >= 11 is 0. The molecule has 2 aromatic heterocycles. The first-order valence-electron chi connectivity index (χ1n) is 8.25. The third-order valence-corrected chi connectivity index (χ3v) is 5.17. The lowest BCUT2D eigenvalue weighted by Crippen LogP contribution is -2.25. The number of benzene rings is 1. The molecule has 1 aromatic carbocycles. The molecule has 28 heavy (non-hydrogen) atoms. The molecule has 3 rings (SSSR count). The van der Waals surface area contributed by atoms with Crippen LogP contribution in [-0.4, -0.2) is 36.7 Å². The maximum atomic E-state index is 13.4. The van der Waals surface area contributed by atoms with Crippen molar-refractivity contribution in [1.29, 1.82) is 0 Å². The van der Waals surface area contributed by atoms with Crippen LogP contribution in [0.3, 0.4) is 0 Å². The molecule has 0 amide bonds. The van der Waals surface area contributed by atoms with E-state index in [0.29, 0.717) is 34.4 Å². The summed E-state index contributed by atoms with van der Waals surface area (Å²) in [5.41, 5.74) is 1.51. The summed E-state index contributed by atoms with van der Waals surface area (Å²) in [4.78, 5) is 12.3. The van der Waals surface area contributed by atoms with Crippen LogP contribution in [0.2, 0.25) is 0 Å². The molecule has 0 aliphatic rings. The van der Waals surface area contributed by atoms with Crippen LogP contribution in [0.15, 0.2) is 48.9 Å². The highest BCUT2D eigenvalue weighted by Crippen LogP contribution is 2.29. The monoisotopic (exact) mass is 402 g/mol. The van der Waals surface area contributed by atoms with Gasteiger partial charge in [-0.1, -0.05) is 12.1 Å². The average molecular weight is 402 g/mol. The molecule has 0 bridgehead atoms. The van der Waals surface area contributed by atoms with E-state index in [1.807, 2.05) is 0 Å². The second-order valence-corrected chi connectivity index (χ2v) is 8.12. The fourth-order valence-corrected chi connectivity index (χ4v) is 2.92. The predicted octanol–water partition coefficient (Wildman–Crippen LogP) is 3.20. The van der Waals surface area contributed by atoms with Crippen molar-refractivity contribution in [3.63, 3.8) is 0 Å². The maximum Gasteiger partial charge on any atom is 0.232 e. The number of aryl methyl sites for hydroxylation is 1. The third-order valence-electron chi connectivity index (χ3n) is 3.97. The van der Waals surface area contributed by atoms with E-state index in [2.05, 4.69) is 25.6 Å². The number of aromatic nitrogens is 3. The Morgan fingerprint density at radius 1 is 1.00 bits per heavy atom. The smallest absolute Gasteiger partial charge is 0.232 e. The van der Waals surface area contributed by atoms with Crippen molar-refractivity contribution in [3.8, 4) is 0 Å². The zero-order valence-electron chi connectivity index (χ0n) is 15.5. The number of pyridine rings is 1. The number of nitrogens with zero attached hydrogens (tertiary/aromatic N) is 4. The number of halogens is 1. The molecule has 2 N–H and O–H groups in total. The molecule has 10 heteroatoms. The van der Waals surface area contributed by atoms with Crippen molar-refractivity contribution in [2.75, 3.05) is 28.2 Å². The molecule has 0 spiro atoms. The van der Waals surface area contributed by atoms with Crippen LogP contribution in [0, 0.1) is 12.7 Å². The second kappa shape index (κ2) is 7.77. The van der Waals surface area contributed by atoms with Crippen LogP contribution >= 0.6 is 0 Å². The summed E-state index contributed by atoms with van der Waals surface area (Å²) in [7, 11) is -1.94. The van der Waals surface area contributed by atoms with Gasteiger partial charge in [0.15, 0.2) is 0 Å². The van der Waals surface area contributed by atoms with Crippen molar-refractivity contribution in [3.05, 3.63) is 60.3 Å². The zero-order valence-corrected chi connectivity index (χ0v) is 16.3. The van der Waals surface area contributed by atoms with Gasteiger partial charge in [0.2, 0.25) is 10.0 Å². The molecule has 2 heterocycles. The van der Waals surface area contributed by atoms with Gasteiger partial charge < -0.3 is 10.6 Å². The summed E-state index contributed by atoms with van der Waals surface area (Å²) in [6.07, 6.45) is 3.62. The van der Waals surface area contributed by atoms with Crippen molar-refractivity contribution >= 4 is 38.9 Å². The quantitative estimate of drug-likeness (QED) is 0.653. The molecule has 0 fully saturated rings. The number of para-hydroxylation sites is 2. The Kier molecular flexibility index (Phi) is 5.41. The predicted molar refractivity (Wildman–Crippen MR) is 107 cm³/mol. The van der Waals surface area contributed by atoms with Gasteiger partial charge in [-0.25, -0.2) is 27.8 Å². The fourth-order valence-electron chi connectivity index (χ4n) is 2.40. The van der Waals surface area contributed by atoms with E-state index in [0.717, 1.165) is 12.5 Å². The Labute approximate surface area is 162 Å². The van der Waals surface area contributed by atoms with Crippen LogP contribution in [0.25, 0.3) is 0 Å². The molecule has 0 unspecified atom stereocenters. The summed E-state index contributed by atoms with van der Waals surface area (Å²) < 4.78 is 38.3. The number of sulfonamides is 1. The van der Waals surface area contributed by atoms with Crippen molar-refractivity contribution in [1.82, 2.24) is 15.0 Å². The minimum atomic E-state index is -3.42. The van der Waals surface area contributed by atoms with Crippen LogP contribution in [0.4, 0.5) is 33.2 Å². The lowest BCUT2D eigenvalue weighted by atomic mass is 10.2. The fraction of sp³-hybridized carbons (Fsp3) is 0.167. The van der Waals surface area contributed by atoms with E-state index < -0.39 is 10.0 Å². The number of nitrogens with one attached hydrogen (secondary N) is 2. The zero-order chi connectivity index (χ0) is 20.3. The van der Waals surface area contributed by atoms with Crippen molar-refractivity contribution in [2.24, 2.45) is 0 Å². The van der Waals surface area contributed by atoms with E-state index in [4.69, 9.17) is 0 Å². The van der Waals surface area contributed by atoms with Crippen molar-refractivity contribution < 1.29 is 12.8 Å². The van der Waals surface area contributed by atoms with Gasteiger partial charge in [-0.15, -0.1) is 0 Å². The Balaban J connectivity index is 1.85. The second-order valence-electron chi connectivity index (χ2n) is 6.10. The average Bonchev–Trinajstić information content (AvgIpc) is 2.64. The van der Waals surface area contributed by atoms with Gasteiger partial charge >= 0.3 is 0 Å². The van der Waals surface area contributed by atoms with Gasteiger partial charge in [0.1, 0.15) is 29.6 Å². The molecule has 0 aliphatic heterocycles. The standard InChI is InChI=1S/C18H19FN6O2S/c1-12-8-16(20-10-13(12)19)24-18-9-17(21-11-22-18)23-14-6-4-5-7-15(14)25(2)28(3,26)27/h4-11H,1-3H3,(H2,20,21,22,23,24). The Bertz CT molecular complexity index is 1110. The van der Waals surface area contributed by atoms with E-state index in [1.165, 1.54) is 17.7 Å². The topological polar surface area (TPSA) is 100 Å². The molecule has 3 aromatic rings. The third kappa shape index (κ3) is 4.52. The van der Waals surface area contributed by atoms with Gasteiger partial charge in [-0.3, -0.25) is 4.31 Å². The lowest BCUT2D eigenvalue weighted by Gasteiger charge is -2.20. The minimum absolute atomic E-state index is 0.387. The largest absolute Gasteiger partial charge is 0.338 e. The molecule has 0 aliphatic carbocycles. The number of hydrogen-bond acceptors (Lipinski definition) is 7. The molecular weight excluding hydrogens is 383 g/mol. The van der Waals surface area contributed by atoms with E-state index >= 15 is 0 Å². The van der Waals surface area contributed by atoms with E-state index in [1.54, 1.807) is 43.3 Å². The summed E-state index contributed by atoms with van der Waals surface area (Å²) in [6, 6.07) is 10.2. The molecule has 0 saturated heterocycles. The van der Waals surface area contributed by atoms with E-state index in [-0.39, 0.29) is 5.82 Å². The Morgan fingerprint density at radius 3 is 2.32 bits per heavy atom. The first-order chi connectivity index (χ1) is 13.2. The van der Waals surface area contributed by atoms with Gasteiger partial charge in [0, 0.05) is 13.1 Å². The Hall–Kier alpha value is -3.27. The number of anilines is 5. The van der Waals surface area contributed by atoms with Gasteiger partial charge in [-0.05, 0) is 30.7 Å². The molecule has 0 saturated carbocycles. The molecule has 0 atom stereocenters. The summed E-state index contributed by atoms with van der Waals surface area (Å²) in [5.74, 6) is 0.957. The highest BCUT2D eigenvalue weighted by atomic mass is 32.2. The highest BCUT2D eigenvalue weighted by Gasteiger charge is 2.16. The summed E-state index contributed by atoms with van der Waals surface area (Å²) in [6.45, 7) is 1.64. The number of hydrogen-bond donors (Lipinski definition) is 2. The SMILES string of the molecule is Cc1cc(Nc2cc(Nc3ccccc3N(C)S(C)(=O)=O)ncn2)ncc1F. The number of rotatable bonds is 6. The highest BCUT2D eigenvalue weighted by molar-refractivity contribution is 7.92.